The van der Waals surface area contributed by atoms with Crippen LogP contribution in [-0.4, -0.2) is 72.5 Å². The SMILES string of the molecule is CCN1CCCCC1C(=O)N1CCN(CCc2ccccc2)CC1.Cl.Cl. The van der Waals surface area contributed by atoms with E-state index in [1.54, 1.807) is 0 Å². The van der Waals surface area contributed by atoms with Gasteiger partial charge in [0.2, 0.25) is 5.91 Å². The lowest BCUT2D eigenvalue weighted by Crippen LogP contribution is -2.56. The number of benzene rings is 1. The molecule has 0 N–H and O–H groups in total. The number of halogens is 2. The van der Waals surface area contributed by atoms with E-state index in [0.29, 0.717) is 5.91 Å². The zero-order valence-electron chi connectivity index (χ0n) is 15.8. The average Bonchev–Trinajstić information content (AvgIpc) is 2.67. The molecule has 0 bridgehead atoms. The largest absolute Gasteiger partial charge is 0.339 e. The summed E-state index contributed by atoms with van der Waals surface area (Å²) in [6.45, 7) is 9.15. The molecule has 3 rings (SSSR count). The maximum atomic E-state index is 12.9. The van der Waals surface area contributed by atoms with Gasteiger partial charge in [0.15, 0.2) is 0 Å². The Morgan fingerprint density at radius 2 is 1.69 bits per heavy atom. The van der Waals surface area contributed by atoms with Crippen molar-refractivity contribution in [1.82, 2.24) is 14.7 Å². The second-order valence-corrected chi connectivity index (χ2v) is 7.04. The molecule has 26 heavy (non-hydrogen) atoms. The molecular weight excluding hydrogens is 369 g/mol. The summed E-state index contributed by atoms with van der Waals surface area (Å²) in [7, 11) is 0. The lowest BCUT2D eigenvalue weighted by Gasteiger charge is -2.40. The van der Waals surface area contributed by atoms with Gasteiger partial charge < -0.3 is 4.90 Å². The van der Waals surface area contributed by atoms with E-state index in [2.05, 4.69) is 52.0 Å². The Bertz CT molecular complexity index is 521. The zero-order valence-corrected chi connectivity index (χ0v) is 17.4. The van der Waals surface area contributed by atoms with E-state index >= 15 is 0 Å². The highest BCUT2D eigenvalue weighted by molar-refractivity contribution is 5.85. The number of nitrogens with zero attached hydrogens (tertiary/aromatic N) is 3. The first kappa shape index (κ1) is 23.2. The van der Waals surface area contributed by atoms with Crippen molar-refractivity contribution in [2.45, 2.75) is 38.6 Å². The number of piperazine rings is 1. The topological polar surface area (TPSA) is 26.8 Å². The third kappa shape index (κ3) is 6.12. The van der Waals surface area contributed by atoms with Gasteiger partial charge in [-0.05, 0) is 37.9 Å². The fourth-order valence-corrected chi connectivity index (χ4v) is 3.98. The predicted molar refractivity (Wildman–Crippen MR) is 113 cm³/mol. The Balaban J connectivity index is 0.00000169. The molecule has 2 heterocycles. The van der Waals surface area contributed by atoms with Crippen molar-refractivity contribution in [2.24, 2.45) is 0 Å². The van der Waals surface area contributed by atoms with Crippen molar-refractivity contribution in [1.29, 1.82) is 0 Å². The molecule has 2 fully saturated rings. The van der Waals surface area contributed by atoms with Crippen LogP contribution in [-0.2, 0) is 11.2 Å². The minimum atomic E-state index is 0. The molecule has 2 saturated heterocycles. The van der Waals surface area contributed by atoms with Gasteiger partial charge in [0, 0.05) is 32.7 Å². The Kier molecular flexibility index (Phi) is 10.6. The second kappa shape index (κ2) is 11.8. The van der Waals surface area contributed by atoms with Crippen LogP contribution in [0, 0.1) is 0 Å². The normalized spacial score (nSPS) is 21.6. The summed E-state index contributed by atoms with van der Waals surface area (Å²) >= 11 is 0. The minimum absolute atomic E-state index is 0. The van der Waals surface area contributed by atoms with E-state index in [-0.39, 0.29) is 30.9 Å². The van der Waals surface area contributed by atoms with Crippen molar-refractivity contribution >= 4 is 30.7 Å². The standard InChI is InChI=1S/C20H31N3O.2ClH/c1-2-22-12-7-6-10-19(22)20(24)23-16-14-21(15-17-23)13-11-18-8-4-3-5-9-18;;/h3-5,8-9,19H,2,6-7,10-17H2,1H3;2*1H. The van der Waals surface area contributed by atoms with Gasteiger partial charge in [0.05, 0.1) is 6.04 Å². The van der Waals surface area contributed by atoms with Crippen LogP contribution in [0.25, 0.3) is 0 Å². The van der Waals surface area contributed by atoms with Gasteiger partial charge in [-0.15, -0.1) is 24.8 Å². The Morgan fingerprint density at radius 3 is 2.35 bits per heavy atom. The lowest BCUT2D eigenvalue weighted by molar-refractivity contribution is -0.140. The monoisotopic (exact) mass is 401 g/mol. The summed E-state index contributed by atoms with van der Waals surface area (Å²) in [6.07, 6.45) is 4.58. The summed E-state index contributed by atoms with van der Waals surface area (Å²) in [5.74, 6) is 0.374. The van der Waals surface area contributed by atoms with E-state index in [0.717, 1.165) is 58.7 Å². The van der Waals surface area contributed by atoms with Crippen molar-refractivity contribution in [2.75, 3.05) is 45.8 Å². The lowest BCUT2D eigenvalue weighted by atomic mass is 10.0. The van der Waals surface area contributed by atoms with Gasteiger partial charge in [-0.25, -0.2) is 0 Å². The zero-order chi connectivity index (χ0) is 16.8. The Morgan fingerprint density at radius 1 is 1.00 bits per heavy atom. The smallest absolute Gasteiger partial charge is 0.240 e. The van der Waals surface area contributed by atoms with Gasteiger partial charge in [0.1, 0.15) is 0 Å². The Hall–Kier alpha value is -0.810. The van der Waals surface area contributed by atoms with Gasteiger partial charge >= 0.3 is 0 Å². The van der Waals surface area contributed by atoms with Crippen LogP contribution in [0.1, 0.15) is 31.7 Å². The molecular formula is C20H33Cl2N3O. The van der Waals surface area contributed by atoms with E-state index < -0.39 is 0 Å². The summed E-state index contributed by atoms with van der Waals surface area (Å²) in [4.78, 5) is 19.8. The van der Waals surface area contributed by atoms with Gasteiger partial charge in [-0.2, -0.15) is 0 Å². The first-order valence-electron chi connectivity index (χ1n) is 9.57. The molecule has 0 spiro atoms. The van der Waals surface area contributed by atoms with Crippen molar-refractivity contribution in [3.05, 3.63) is 35.9 Å². The first-order chi connectivity index (χ1) is 11.8. The molecule has 1 amide bonds. The van der Waals surface area contributed by atoms with Crippen LogP contribution in [0.5, 0.6) is 0 Å². The highest BCUT2D eigenvalue weighted by Crippen LogP contribution is 2.19. The van der Waals surface area contributed by atoms with Gasteiger partial charge in [0.25, 0.3) is 0 Å². The van der Waals surface area contributed by atoms with Crippen molar-refractivity contribution in [3.63, 3.8) is 0 Å². The summed E-state index contributed by atoms with van der Waals surface area (Å²) < 4.78 is 0. The van der Waals surface area contributed by atoms with E-state index in [9.17, 15) is 4.79 Å². The molecule has 148 valence electrons. The van der Waals surface area contributed by atoms with Gasteiger partial charge in [-0.3, -0.25) is 14.6 Å². The van der Waals surface area contributed by atoms with Crippen molar-refractivity contribution in [3.8, 4) is 0 Å². The predicted octanol–water partition coefficient (Wildman–Crippen LogP) is 3.09. The number of amides is 1. The summed E-state index contributed by atoms with van der Waals surface area (Å²) in [5, 5.41) is 0. The van der Waals surface area contributed by atoms with Crippen LogP contribution < -0.4 is 0 Å². The van der Waals surface area contributed by atoms with E-state index in [4.69, 9.17) is 0 Å². The third-order valence-corrected chi connectivity index (χ3v) is 5.55. The maximum Gasteiger partial charge on any atom is 0.240 e. The average molecular weight is 402 g/mol. The molecule has 0 saturated carbocycles. The molecule has 0 radical (unpaired) electrons. The van der Waals surface area contributed by atoms with E-state index in [1.807, 2.05) is 0 Å². The second-order valence-electron chi connectivity index (χ2n) is 7.04. The molecule has 0 aliphatic carbocycles. The van der Waals surface area contributed by atoms with Crippen LogP contribution in [0.2, 0.25) is 0 Å². The molecule has 0 aromatic heterocycles. The molecule has 4 nitrogen and oxygen atoms in total. The maximum absolute atomic E-state index is 12.9. The fraction of sp³-hybridized carbons (Fsp3) is 0.650. The highest BCUT2D eigenvalue weighted by atomic mass is 35.5. The number of rotatable bonds is 5. The number of piperidine rings is 1. The number of hydrogen-bond donors (Lipinski definition) is 0. The highest BCUT2D eigenvalue weighted by Gasteiger charge is 2.32. The first-order valence-corrected chi connectivity index (χ1v) is 9.57. The third-order valence-electron chi connectivity index (χ3n) is 5.55. The number of hydrogen-bond acceptors (Lipinski definition) is 3. The molecule has 1 aromatic carbocycles. The molecule has 2 aliphatic heterocycles. The minimum Gasteiger partial charge on any atom is -0.339 e. The summed E-state index contributed by atoms with van der Waals surface area (Å²) in [6, 6.07) is 10.8. The van der Waals surface area contributed by atoms with Crippen LogP contribution in [0.3, 0.4) is 0 Å². The number of likely N-dealkylation sites (tertiary alicyclic amines) is 1. The van der Waals surface area contributed by atoms with Crippen LogP contribution in [0.4, 0.5) is 0 Å². The molecule has 6 heteroatoms. The summed E-state index contributed by atoms with van der Waals surface area (Å²) in [5.41, 5.74) is 1.40. The number of carbonyl (C=O) groups excluding carboxylic acids is 1. The number of carbonyl (C=O) groups is 1. The fourth-order valence-electron chi connectivity index (χ4n) is 3.98. The van der Waals surface area contributed by atoms with Crippen LogP contribution >= 0.6 is 24.8 Å². The van der Waals surface area contributed by atoms with Gasteiger partial charge in [-0.1, -0.05) is 43.7 Å². The molecule has 1 aromatic rings. The Labute approximate surface area is 170 Å². The quantitative estimate of drug-likeness (QED) is 0.758. The van der Waals surface area contributed by atoms with Crippen LogP contribution in [0.15, 0.2) is 30.3 Å². The van der Waals surface area contributed by atoms with Crippen molar-refractivity contribution < 1.29 is 4.79 Å². The molecule has 2 aliphatic rings. The van der Waals surface area contributed by atoms with E-state index in [1.165, 1.54) is 18.4 Å². The molecule has 1 atom stereocenters. The number of likely N-dealkylation sites (N-methyl/N-ethyl adjacent to an activating group) is 1. The molecule has 1 unspecified atom stereocenters.